The Kier molecular flexibility index (Phi) is 5.40. The lowest BCUT2D eigenvalue weighted by molar-refractivity contribution is -0.119. The molecule has 0 unspecified atom stereocenters. The van der Waals surface area contributed by atoms with Crippen LogP contribution in [0, 0.1) is 5.82 Å². The highest BCUT2D eigenvalue weighted by atomic mass is 32.2. The van der Waals surface area contributed by atoms with E-state index in [1.54, 1.807) is 12.1 Å². The van der Waals surface area contributed by atoms with Gasteiger partial charge in [-0.3, -0.25) is 9.10 Å². The number of carbonyl (C=O) groups is 1. The first kappa shape index (κ1) is 17.7. The monoisotopic (exact) mass is 352 g/mol. The van der Waals surface area contributed by atoms with E-state index in [2.05, 4.69) is 5.32 Å². The number of ether oxygens (including phenoxy) is 1. The van der Waals surface area contributed by atoms with E-state index in [0.717, 1.165) is 16.4 Å². The minimum absolute atomic E-state index is 0.196. The molecule has 1 amide bonds. The van der Waals surface area contributed by atoms with Gasteiger partial charge in [0.05, 0.1) is 12.8 Å². The van der Waals surface area contributed by atoms with Crippen LogP contribution in [0.4, 0.5) is 10.1 Å². The smallest absolute Gasteiger partial charge is 0.267 e. The molecule has 2 aromatic rings. The topological polar surface area (TPSA) is 75.7 Å². The van der Waals surface area contributed by atoms with E-state index in [0.29, 0.717) is 5.75 Å². The first-order valence-corrected chi connectivity index (χ1v) is 8.46. The van der Waals surface area contributed by atoms with Gasteiger partial charge in [0.15, 0.2) is 0 Å². The van der Waals surface area contributed by atoms with Gasteiger partial charge < -0.3 is 10.1 Å². The number of hydrogen-bond donors (Lipinski definition) is 1. The van der Waals surface area contributed by atoms with Crippen molar-refractivity contribution >= 4 is 21.6 Å². The van der Waals surface area contributed by atoms with Gasteiger partial charge in [-0.25, -0.2) is 12.8 Å². The van der Waals surface area contributed by atoms with Gasteiger partial charge in [-0.15, -0.1) is 0 Å². The Balaban J connectivity index is 2.57. The second kappa shape index (κ2) is 7.31. The van der Waals surface area contributed by atoms with E-state index in [1.165, 1.54) is 38.4 Å². The second-order valence-corrected chi connectivity index (χ2v) is 6.65. The van der Waals surface area contributed by atoms with Crippen molar-refractivity contribution in [3.8, 4) is 5.75 Å². The van der Waals surface area contributed by atoms with E-state index in [9.17, 15) is 17.6 Å². The summed E-state index contributed by atoms with van der Waals surface area (Å²) in [5, 5.41) is 2.36. The fourth-order valence-corrected chi connectivity index (χ4v) is 3.54. The predicted molar refractivity (Wildman–Crippen MR) is 88.0 cm³/mol. The lowest BCUT2D eigenvalue weighted by Gasteiger charge is -2.24. The molecule has 24 heavy (non-hydrogen) atoms. The van der Waals surface area contributed by atoms with Gasteiger partial charge in [-0.1, -0.05) is 18.2 Å². The van der Waals surface area contributed by atoms with E-state index in [1.807, 2.05) is 0 Å². The van der Waals surface area contributed by atoms with Crippen LogP contribution in [0.1, 0.15) is 0 Å². The Morgan fingerprint density at radius 1 is 1.21 bits per heavy atom. The van der Waals surface area contributed by atoms with Crippen LogP contribution >= 0.6 is 0 Å². The molecule has 0 aliphatic carbocycles. The standard InChI is InChI=1S/C16H17FN2O4S/c1-18-16(20)11-19(12-6-5-7-13(10-12)23-2)24(21,22)15-9-4-3-8-14(15)17/h3-10H,11H2,1-2H3,(H,18,20). The van der Waals surface area contributed by atoms with Crippen LogP contribution < -0.4 is 14.4 Å². The number of amides is 1. The predicted octanol–water partition coefficient (Wildman–Crippen LogP) is 1.78. The lowest BCUT2D eigenvalue weighted by atomic mass is 10.3. The van der Waals surface area contributed by atoms with Gasteiger partial charge in [-0.05, 0) is 24.3 Å². The second-order valence-electron chi connectivity index (χ2n) is 4.82. The maximum Gasteiger partial charge on any atom is 0.267 e. The summed E-state index contributed by atoms with van der Waals surface area (Å²) in [6.07, 6.45) is 0. The first-order valence-electron chi connectivity index (χ1n) is 7.02. The van der Waals surface area contributed by atoms with E-state index in [-0.39, 0.29) is 5.69 Å². The van der Waals surface area contributed by atoms with Crippen LogP contribution in [-0.4, -0.2) is 35.0 Å². The van der Waals surface area contributed by atoms with Crippen LogP contribution in [0.5, 0.6) is 5.75 Å². The average molecular weight is 352 g/mol. The molecule has 0 radical (unpaired) electrons. The number of anilines is 1. The molecule has 2 rings (SSSR count). The van der Waals surface area contributed by atoms with Crippen molar-refractivity contribution in [2.75, 3.05) is 25.0 Å². The van der Waals surface area contributed by atoms with Crippen molar-refractivity contribution in [1.82, 2.24) is 5.32 Å². The van der Waals surface area contributed by atoms with Crippen molar-refractivity contribution in [2.24, 2.45) is 0 Å². The third-order valence-corrected chi connectivity index (χ3v) is 5.12. The zero-order chi connectivity index (χ0) is 17.7. The third kappa shape index (κ3) is 3.65. The normalized spacial score (nSPS) is 11.0. The molecule has 128 valence electrons. The van der Waals surface area contributed by atoms with Gasteiger partial charge in [0, 0.05) is 13.1 Å². The molecule has 0 fully saturated rings. The average Bonchev–Trinajstić information content (AvgIpc) is 2.59. The number of rotatable bonds is 6. The van der Waals surface area contributed by atoms with Crippen molar-refractivity contribution in [3.05, 3.63) is 54.3 Å². The molecule has 0 spiro atoms. The van der Waals surface area contributed by atoms with Crippen molar-refractivity contribution in [3.63, 3.8) is 0 Å². The molecule has 0 aromatic heterocycles. The molecule has 0 bridgehead atoms. The third-order valence-electron chi connectivity index (χ3n) is 3.31. The summed E-state index contributed by atoms with van der Waals surface area (Å²) in [7, 11) is -1.44. The first-order chi connectivity index (χ1) is 11.4. The molecular weight excluding hydrogens is 335 g/mol. The Hall–Kier alpha value is -2.61. The molecule has 6 nitrogen and oxygen atoms in total. The van der Waals surface area contributed by atoms with Crippen LogP contribution in [-0.2, 0) is 14.8 Å². The maximum absolute atomic E-state index is 14.0. The summed E-state index contributed by atoms with van der Waals surface area (Å²) >= 11 is 0. The number of likely N-dealkylation sites (N-methyl/N-ethyl adjacent to an activating group) is 1. The largest absolute Gasteiger partial charge is 0.497 e. The molecule has 0 aliphatic heterocycles. The number of sulfonamides is 1. The highest BCUT2D eigenvalue weighted by molar-refractivity contribution is 7.92. The number of halogens is 1. The van der Waals surface area contributed by atoms with Crippen molar-refractivity contribution in [2.45, 2.75) is 4.90 Å². The van der Waals surface area contributed by atoms with E-state index >= 15 is 0 Å². The number of nitrogens with zero attached hydrogens (tertiary/aromatic N) is 1. The lowest BCUT2D eigenvalue weighted by Crippen LogP contribution is -2.40. The molecule has 2 aromatic carbocycles. The van der Waals surface area contributed by atoms with E-state index in [4.69, 9.17) is 4.74 Å². The van der Waals surface area contributed by atoms with Crippen LogP contribution in [0.15, 0.2) is 53.4 Å². The quantitative estimate of drug-likeness (QED) is 0.860. The highest BCUT2D eigenvalue weighted by Crippen LogP contribution is 2.27. The molecule has 0 saturated carbocycles. The molecule has 0 atom stereocenters. The Morgan fingerprint density at radius 2 is 1.92 bits per heavy atom. The zero-order valence-corrected chi connectivity index (χ0v) is 14.0. The zero-order valence-electron chi connectivity index (χ0n) is 13.2. The summed E-state index contributed by atoms with van der Waals surface area (Å²) in [5.74, 6) is -1.00. The maximum atomic E-state index is 14.0. The van der Waals surface area contributed by atoms with Crippen molar-refractivity contribution < 1.29 is 22.3 Å². The number of benzene rings is 2. The summed E-state index contributed by atoms with van der Waals surface area (Å²) in [6, 6.07) is 11.2. The van der Waals surface area contributed by atoms with Crippen LogP contribution in [0.3, 0.4) is 0 Å². The molecule has 0 heterocycles. The van der Waals surface area contributed by atoms with Crippen molar-refractivity contribution in [1.29, 1.82) is 0 Å². The van der Waals surface area contributed by atoms with Gasteiger partial charge >= 0.3 is 0 Å². The summed E-state index contributed by atoms with van der Waals surface area (Å²) in [6.45, 7) is -0.486. The highest BCUT2D eigenvalue weighted by Gasteiger charge is 2.29. The minimum Gasteiger partial charge on any atom is -0.497 e. The van der Waals surface area contributed by atoms with Gasteiger partial charge in [0.1, 0.15) is 23.0 Å². The Morgan fingerprint density at radius 3 is 2.54 bits per heavy atom. The molecule has 0 aliphatic rings. The Bertz CT molecular complexity index is 839. The number of hydrogen-bond acceptors (Lipinski definition) is 4. The fourth-order valence-electron chi connectivity index (χ4n) is 2.06. The van der Waals surface area contributed by atoms with Gasteiger partial charge in [-0.2, -0.15) is 0 Å². The van der Waals surface area contributed by atoms with E-state index < -0.39 is 33.2 Å². The van der Waals surface area contributed by atoms with Gasteiger partial charge in [0.2, 0.25) is 5.91 Å². The summed E-state index contributed by atoms with van der Waals surface area (Å²) in [5.41, 5.74) is 0.196. The molecular formula is C16H17FN2O4S. The SMILES string of the molecule is CNC(=O)CN(c1cccc(OC)c1)S(=O)(=O)c1ccccc1F. The number of carbonyl (C=O) groups excluding carboxylic acids is 1. The minimum atomic E-state index is -4.27. The molecule has 0 saturated heterocycles. The Labute approximate surface area is 139 Å². The number of nitrogens with one attached hydrogen (secondary N) is 1. The van der Waals surface area contributed by atoms with Gasteiger partial charge in [0.25, 0.3) is 10.0 Å². The molecule has 8 heteroatoms. The summed E-state index contributed by atoms with van der Waals surface area (Å²) < 4.78 is 45.7. The fraction of sp³-hybridized carbons (Fsp3) is 0.188. The summed E-state index contributed by atoms with van der Waals surface area (Å²) in [4.78, 5) is 11.3. The molecule has 1 N–H and O–H groups in total. The number of methoxy groups -OCH3 is 1. The van der Waals surface area contributed by atoms with Crippen LogP contribution in [0.25, 0.3) is 0 Å². The van der Waals surface area contributed by atoms with Crippen LogP contribution in [0.2, 0.25) is 0 Å².